The summed E-state index contributed by atoms with van der Waals surface area (Å²) >= 11 is 0. The van der Waals surface area contributed by atoms with Crippen molar-refractivity contribution < 1.29 is 23.5 Å². The van der Waals surface area contributed by atoms with Crippen molar-refractivity contribution in [3.8, 4) is 0 Å². The van der Waals surface area contributed by atoms with Crippen molar-refractivity contribution >= 4 is 20.3 Å². The van der Waals surface area contributed by atoms with Crippen LogP contribution >= 0.6 is 8.53 Å². The van der Waals surface area contributed by atoms with Crippen LogP contribution in [0, 0.1) is 6.57 Å². The van der Waals surface area contributed by atoms with Gasteiger partial charge in [0, 0.05) is 12.1 Å². The zero-order valence-corrected chi connectivity index (χ0v) is 19.6. The molecule has 0 spiro atoms. The minimum absolute atomic E-state index is 0.270. The van der Waals surface area contributed by atoms with Crippen molar-refractivity contribution in [3.05, 3.63) is 46.8 Å². The topological polar surface area (TPSA) is 72.7 Å². The largest absolute Gasteiger partial charge is 0.322 e. The van der Waals surface area contributed by atoms with Gasteiger partial charge in [0.05, 0.1) is 24.3 Å². The highest BCUT2D eigenvalue weighted by Crippen LogP contribution is 2.45. The van der Waals surface area contributed by atoms with Gasteiger partial charge in [0.25, 0.3) is 20.3 Å². The van der Waals surface area contributed by atoms with Crippen LogP contribution in [-0.2, 0) is 13.9 Å². The first-order valence-electron chi connectivity index (χ1n) is 10.7. The highest BCUT2D eigenvalue weighted by Gasteiger charge is 2.36. The van der Waals surface area contributed by atoms with E-state index in [1.165, 1.54) is 0 Å². The average molecular weight is 449 g/mol. The Kier molecular flexibility index (Phi) is 10.5. The number of fused-ring (bicyclic) bond motifs is 1. The first-order chi connectivity index (χ1) is 14.9. The minimum Gasteiger partial charge on any atom is -0.322 e. The molecule has 0 aliphatic carbocycles. The lowest BCUT2D eigenvalue weighted by atomic mass is 10.1. The summed E-state index contributed by atoms with van der Waals surface area (Å²) in [5.41, 5.74) is 0.764. The Labute approximate surface area is 186 Å². The molecule has 0 fully saturated rings. The SMILES string of the molecule is [C-]#[N+]CCOP(OCCCCCON1C(=O)c2ccccc2C1=O)N(C(C)C)C(C)C. The number of hydrogen-bond donors (Lipinski definition) is 0. The van der Waals surface area contributed by atoms with E-state index < -0.39 is 20.3 Å². The monoisotopic (exact) mass is 449 g/mol. The number of rotatable bonds is 14. The number of nitrogens with zero attached hydrogens (tertiary/aromatic N) is 3. The summed E-state index contributed by atoms with van der Waals surface area (Å²) in [6.07, 6.45) is 2.34. The fourth-order valence-electron chi connectivity index (χ4n) is 3.27. The number of unbranched alkanes of at least 4 members (excludes halogenated alkanes) is 2. The maximum Gasteiger partial charge on any atom is 0.285 e. The van der Waals surface area contributed by atoms with Gasteiger partial charge in [-0.2, -0.15) is 0 Å². The molecule has 1 aromatic carbocycles. The van der Waals surface area contributed by atoms with E-state index in [9.17, 15) is 9.59 Å². The Morgan fingerprint density at radius 2 is 1.48 bits per heavy atom. The molecule has 0 bridgehead atoms. The molecular weight excluding hydrogens is 417 g/mol. The standard InChI is InChI=1S/C22H32N3O5P/c1-17(2)25(18(3)4)31(30-16-13-23-5)29-15-10-6-9-14-28-24-21(26)19-11-7-8-12-20(19)22(24)27/h7-8,11-12,17-18H,6,9-10,13-16H2,1-4H3. The number of hydrogen-bond acceptors (Lipinski definition) is 6. The molecule has 2 rings (SSSR count). The number of benzene rings is 1. The van der Waals surface area contributed by atoms with E-state index in [-0.39, 0.29) is 18.7 Å². The normalized spacial score (nSPS) is 14.6. The van der Waals surface area contributed by atoms with E-state index in [0.29, 0.717) is 37.3 Å². The van der Waals surface area contributed by atoms with Gasteiger partial charge >= 0.3 is 0 Å². The number of amides is 2. The zero-order chi connectivity index (χ0) is 22.8. The molecule has 31 heavy (non-hydrogen) atoms. The molecule has 1 unspecified atom stereocenters. The molecule has 0 N–H and O–H groups in total. The van der Waals surface area contributed by atoms with Crippen LogP contribution in [0.3, 0.4) is 0 Å². The third-order valence-corrected chi connectivity index (χ3v) is 6.73. The number of imide groups is 1. The maximum atomic E-state index is 12.3. The molecule has 1 heterocycles. The third-order valence-electron chi connectivity index (χ3n) is 4.62. The molecule has 1 aromatic rings. The molecule has 8 nitrogen and oxygen atoms in total. The lowest BCUT2D eigenvalue weighted by Gasteiger charge is -2.35. The highest BCUT2D eigenvalue weighted by molar-refractivity contribution is 7.44. The van der Waals surface area contributed by atoms with Gasteiger partial charge in [0.1, 0.15) is 6.61 Å². The van der Waals surface area contributed by atoms with Crippen LogP contribution in [0.5, 0.6) is 0 Å². The summed E-state index contributed by atoms with van der Waals surface area (Å²) in [6.45, 7) is 16.8. The van der Waals surface area contributed by atoms with E-state index in [0.717, 1.165) is 17.9 Å². The van der Waals surface area contributed by atoms with E-state index in [4.69, 9.17) is 20.5 Å². The fourth-order valence-corrected chi connectivity index (χ4v) is 4.89. The van der Waals surface area contributed by atoms with Gasteiger partial charge in [0.15, 0.2) is 0 Å². The number of carbonyl (C=O) groups excluding carboxylic acids is 2. The summed E-state index contributed by atoms with van der Waals surface area (Å²) in [4.78, 5) is 33.3. The van der Waals surface area contributed by atoms with Gasteiger partial charge in [-0.3, -0.25) is 14.4 Å². The Bertz CT molecular complexity index is 738. The molecular formula is C22H32N3O5P. The van der Waals surface area contributed by atoms with Gasteiger partial charge in [-0.1, -0.05) is 12.1 Å². The van der Waals surface area contributed by atoms with Crippen molar-refractivity contribution in [2.45, 2.75) is 59.0 Å². The lowest BCUT2D eigenvalue weighted by Crippen LogP contribution is -2.33. The maximum absolute atomic E-state index is 12.3. The van der Waals surface area contributed by atoms with E-state index >= 15 is 0 Å². The molecule has 9 heteroatoms. The van der Waals surface area contributed by atoms with E-state index in [1.54, 1.807) is 24.3 Å². The van der Waals surface area contributed by atoms with Crippen molar-refractivity contribution in [3.63, 3.8) is 0 Å². The van der Waals surface area contributed by atoms with E-state index in [2.05, 4.69) is 37.2 Å². The van der Waals surface area contributed by atoms with Crippen molar-refractivity contribution in [1.82, 2.24) is 9.73 Å². The van der Waals surface area contributed by atoms with Gasteiger partial charge in [-0.15, -0.1) is 5.06 Å². The van der Waals surface area contributed by atoms with Crippen LogP contribution in [0.2, 0.25) is 0 Å². The molecule has 1 aliphatic heterocycles. The second kappa shape index (κ2) is 12.8. The van der Waals surface area contributed by atoms with Crippen LogP contribution in [0.15, 0.2) is 24.3 Å². The molecule has 0 saturated carbocycles. The second-order valence-corrected chi connectivity index (χ2v) is 9.15. The van der Waals surface area contributed by atoms with Gasteiger partial charge in [-0.25, -0.2) is 11.2 Å². The van der Waals surface area contributed by atoms with Crippen molar-refractivity contribution in [2.75, 3.05) is 26.4 Å². The van der Waals surface area contributed by atoms with Crippen LogP contribution in [0.25, 0.3) is 4.85 Å². The Hall–Kier alpha value is -1.88. The molecule has 0 radical (unpaired) electrons. The molecule has 0 saturated heterocycles. The first kappa shape index (κ1) is 25.4. The summed E-state index contributed by atoms with van der Waals surface area (Å²) in [6, 6.07) is 7.26. The number of hydroxylamine groups is 2. The summed E-state index contributed by atoms with van der Waals surface area (Å²) < 4.78 is 14.1. The highest BCUT2D eigenvalue weighted by atomic mass is 31.2. The Morgan fingerprint density at radius 3 is 2.03 bits per heavy atom. The van der Waals surface area contributed by atoms with Crippen LogP contribution in [0.4, 0.5) is 0 Å². The van der Waals surface area contributed by atoms with Crippen LogP contribution in [-0.4, -0.2) is 60.0 Å². The van der Waals surface area contributed by atoms with Crippen LogP contribution in [0.1, 0.15) is 67.7 Å². The molecule has 170 valence electrons. The molecule has 1 aliphatic rings. The summed E-state index contributed by atoms with van der Waals surface area (Å²) in [7, 11) is -1.22. The second-order valence-electron chi connectivity index (χ2n) is 7.70. The van der Waals surface area contributed by atoms with Gasteiger partial charge in [-0.05, 0) is 59.1 Å². The zero-order valence-electron chi connectivity index (χ0n) is 18.7. The van der Waals surface area contributed by atoms with Gasteiger partial charge < -0.3 is 13.9 Å². The molecule has 1 atom stereocenters. The molecule has 0 aromatic heterocycles. The third kappa shape index (κ3) is 7.06. The number of carbonyl (C=O) groups is 2. The van der Waals surface area contributed by atoms with Crippen molar-refractivity contribution in [2.24, 2.45) is 0 Å². The Morgan fingerprint density at radius 1 is 0.935 bits per heavy atom. The van der Waals surface area contributed by atoms with Crippen LogP contribution < -0.4 is 0 Å². The van der Waals surface area contributed by atoms with Gasteiger partial charge in [0.2, 0.25) is 6.54 Å². The fraction of sp³-hybridized carbons (Fsp3) is 0.591. The average Bonchev–Trinajstić information content (AvgIpc) is 2.97. The minimum atomic E-state index is -1.22. The smallest absolute Gasteiger partial charge is 0.285 e. The Balaban J connectivity index is 1.71. The van der Waals surface area contributed by atoms with E-state index in [1.807, 2.05) is 0 Å². The molecule has 2 amide bonds. The van der Waals surface area contributed by atoms with Crippen molar-refractivity contribution in [1.29, 1.82) is 0 Å². The predicted octanol–water partition coefficient (Wildman–Crippen LogP) is 4.68. The summed E-state index contributed by atoms with van der Waals surface area (Å²) in [5.74, 6) is -0.817. The quantitative estimate of drug-likeness (QED) is 0.178. The lowest BCUT2D eigenvalue weighted by molar-refractivity contribution is -0.0923. The summed E-state index contributed by atoms with van der Waals surface area (Å²) in [5, 5.41) is 0.856. The first-order valence-corrected chi connectivity index (χ1v) is 11.8. The predicted molar refractivity (Wildman–Crippen MR) is 119 cm³/mol.